The summed E-state index contributed by atoms with van der Waals surface area (Å²) in [6.45, 7) is 6.75. The minimum atomic E-state index is -1.40. The average molecular weight is 435 g/mol. The molecule has 3 nitrogen and oxygen atoms in total. The van der Waals surface area contributed by atoms with Gasteiger partial charge >= 0.3 is 114 Å². The van der Waals surface area contributed by atoms with E-state index in [4.69, 9.17) is 8.25 Å². The molecular formula is C11H21ClHgNO2-. The van der Waals surface area contributed by atoms with Gasteiger partial charge in [0.15, 0.2) is 0 Å². The first-order valence-corrected chi connectivity index (χ1v) is 16.7. The summed E-state index contributed by atoms with van der Waals surface area (Å²) in [5.74, 6) is 0.660. The molecule has 0 radical (unpaired) electrons. The van der Waals surface area contributed by atoms with Gasteiger partial charge in [0.05, 0.1) is 0 Å². The summed E-state index contributed by atoms with van der Waals surface area (Å²) < 4.78 is 0.797. The second-order valence-electron chi connectivity index (χ2n) is 6.08. The number of nitrogens with zero attached hydrogens (tertiary/aromatic N) is 1. The van der Waals surface area contributed by atoms with Gasteiger partial charge in [-0.1, -0.05) is 0 Å². The third-order valence-corrected chi connectivity index (χ3v) is 10.1. The molecule has 1 rings (SSSR count). The Morgan fingerprint density at radius 3 is 2.25 bits per heavy atom. The van der Waals surface area contributed by atoms with E-state index >= 15 is 0 Å². The fourth-order valence-corrected chi connectivity index (χ4v) is 9.88. The van der Waals surface area contributed by atoms with Gasteiger partial charge < -0.3 is 0 Å². The van der Waals surface area contributed by atoms with Crippen molar-refractivity contribution in [2.75, 3.05) is 0 Å². The van der Waals surface area contributed by atoms with Crippen LogP contribution in [0.25, 0.3) is 0 Å². The van der Waals surface area contributed by atoms with Crippen molar-refractivity contribution >= 4 is 8.25 Å². The van der Waals surface area contributed by atoms with Crippen molar-refractivity contribution in [3.8, 4) is 0 Å². The van der Waals surface area contributed by atoms with Crippen LogP contribution in [-0.2, 0) is 23.3 Å². The Bertz CT molecular complexity index is 223. The van der Waals surface area contributed by atoms with Crippen LogP contribution >= 0.6 is 8.25 Å². The van der Waals surface area contributed by atoms with Gasteiger partial charge in [-0.3, -0.25) is 0 Å². The molecule has 1 aliphatic carbocycles. The molecule has 0 unspecified atom stereocenters. The normalized spacial score (nSPS) is 31.6. The van der Waals surface area contributed by atoms with Crippen molar-refractivity contribution in [3.05, 3.63) is 5.21 Å². The van der Waals surface area contributed by atoms with Gasteiger partial charge in [-0.15, -0.1) is 0 Å². The van der Waals surface area contributed by atoms with E-state index < -0.39 is 28.9 Å². The first kappa shape index (κ1) is 15.2. The minimum absolute atomic E-state index is 0.217. The summed E-state index contributed by atoms with van der Waals surface area (Å²) in [6.07, 6.45) is 3.68. The summed E-state index contributed by atoms with van der Waals surface area (Å²) in [7, 11) is 5.94. The summed E-state index contributed by atoms with van der Waals surface area (Å²) in [5.41, 5.74) is -0.217. The van der Waals surface area contributed by atoms with Crippen LogP contribution in [0, 0.1) is 16.5 Å². The molecule has 5 heteroatoms. The summed E-state index contributed by atoms with van der Waals surface area (Å²) >= 11 is -1.40. The van der Waals surface area contributed by atoms with E-state index in [1.54, 1.807) is 0 Å². The van der Waals surface area contributed by atoms with Crippen LogP contribution in [0.3, 0.4) is 0 Å². The fraction of sp³-hybridized carbons (Fsp3) is 1.00. The van der Waals surface area contributed by atoms with E-state index in [0.717, 1.165) is 29.6 Å². The molecule has 1 N–H and O–H groups in total. The molecule has 0 amide bonds. The second-order valence-corrected chi connectivity index (χ2v) is 12.8. The third kappa shape index (κ3) is 3.55. The van der Waals surface area contributed by atoms with Gasteiger partial charge in [0.2, 0.25) is 0 Å². The van der Waals surface area contributed by atoms with Gasteiger partial charge in [0.25, 0.3) is 0 Å². The first-order chi connectivity index (χ1) is 7.32. The van der Waals surface area contributed by atoms with Crippen LogP contribution in [0.2, 0.25) is 3.93 Å². The predicted octanol–water partition coefficient (Wildman–Crippen LogP) is 3.81. The molecule has 0 spiro atoms. The zero-order chi connectivity index (χ0) is 12.4. The van der Waals surface area contributed by atoms with E-state index in [0.29, 0.717) is 11.3 Å². The summed E-state index contributed by atoms with van der Waals surface area (Å²) in [4.78, 5) is 0. The van der Waals surface area contributed by atoms with Crippen molar-refractivity contribution < 1.29 is 28.5 Å². The number of hydroxylamine groups is 2. The Morgan fingerprint density at radius 2 is 1.94 bits per heavy atom. The van der Waals surface area contributed by atoms with Gasteiger partial charge in [-0.2, -0.15) is 0 Å². The molecule has 1 fully saturated rings. The number of hydrogen-bond acceptors (Lipinski definition) is 3. The first-order valence-electron chi connectivity index (χ1n) is 6.04. The molecule has 0 aliphatic heterocycles. The zero-order valence-electron chi connectivity index (χ0n) is 10.5. The van der Waals surface area contributed by atoms with E-state index in [-0.39, 0.29) is 5.23 Å². The van der Waals surface area contributed by atoms with Crippen molar-refractivity contribution in [2.24, 2.45) is 11.3 Å². The topological polar surface area (TPSA) is 46.5 Å². The van der Waals surface area contributed by atoms with Crippen LogP contribution < -0.4 is 0 Å². The van der Waals surface area contributed by atoms with Gasteiger partial charge in [-0.25, -0.2) is 0 Å². The molecule has 1 saturated carbocycles. The van der Waals surface area contributed by atoms with E-state index in [1.165, 1.54) is 0 Å². The average Bonchev–Trinajstić information content (AvgIpc) is 2.17. The van der Waals surface area contributed by atoms with Gasteiger partial charge in [0.1, 0.15) is 0 Å². The van der Waals surface area contributed by atoms with Crippen molar-refractivity contribution in [1.82, 2.24) is 5.23 Å². The number of rotatable bonds is 3. The van der Waals surface area contributed by atoms with Gasteiger partial charge in [-0.05, 0) is 0 Å². The summed E-state index contributed by atoms with van der Waals surface area (Å²) in [6, 6.07) is 0. The molecular weight excluding hydrogens is 414 g/mol. The molecule has 0 atom stereocenters. The Labute approximate surface area is 114 Å². The second kappa shape index (κ2) is 5.83. The Morgan fingerprint density at radius 1 is 1.44 bits per heavy atom. The molecule has 92 valence electrons. The molecule has 0 saturated heterocycles. The van der Waals surface area contributed by atoms with Crippen LogP contribution in [-0.4, -0.2) is 16.0 Å². The molecule has 0 aromatic heterocycles. The quantitative estimate of drug-likeness (QED) is 0.542. The van der Waals surface area contributed by atoms with Crippen LogP contribution in [0.15, 0.2) is 0 Å². The molecule has 0 aromatic carbocycles. The van der Waals surface area contributed by atoms with Crippen LogP contribution in [0.4, 0.5) is 0 Å². The molecule has 0 aromatic rings. The Kier molecular flexibility index (Phi) is 5.53. The van der Waals surface area contributed by atoms with E-state index in [2.05, 4.69) is 20.8 Å². The molecule has 0 heterocycles. The van der Waals surface area contributed by atoms with E-state index in [1.807, 2.05) is 0 Å². The van der Waals surface area contributed by atoms with Crippen LogP contribution in [0.1, 0.15) is 46.5 Å². The molecule has 16 heavy (non-hydrogen) atoms. The maximum absolute atomic E-state index is 11.3. The third-order valence-electron chi connectivity index (χ3n) is 4.11. The van der Waals surface area contributed by atoms with E-state index in [9.17, 15) is 10.4 Å². The Hall–Kier alpha value is 1.11. The number of halogens is 1. The fourth-order valence-electron chi connectivity index (χ4n) is 2.73. The standard InChI is InChI=1S/C11H21NO2.ClH.Hg/c1-10(2,3)9-5-7-11(4,8-6-9)12(13)14;;/h9,13H,4-8H2,1-3H3;1H;/q-1;;+1/p-1. The van der Waals surface area contributed by atoms with Crippen molar-refractivity contribution in [3.63, 3.8) is 0 Å². The molecule has 0 bridgehead atoms. The Balaban J connectivity index is 2.63. The number of hydrogen-bond donors (Lipinski definition) is 1. The SMILES string of the molecule is CC(C)(C)C1CCC([CH2][Hg][Cl])(N([O-])O)CC1. The predicted molar refractivity (Wildman–Crippen MR) is 61.8 cm³/mol. The van der Waals surface area contributed by atoms with Crippen LogP contribution in [0.5, 0.6) is 0 Å². The van der Waals surface area contributed by atoms with Gasteiger partial charge in [0, 0.05) is 0 Å². The monoisotopic (exact) mass is 436 g/mol. The molecule has 1 aliphatic rings. The summed E-state index contributed by atoms with van der Waals surface area (Å²) in [5, 5.41) is 20.8. The van der Waals surface area contributed by atoms with Crippen molar-refractivity contribution in [1.29, 1.82) is 0 Å². The zero-order valence-corrected chi connectivity index (χ0v) is 16.8. The maximum atomic E-state index is 11.3. The van der Waals surface area contributed by atoms with Crippen molar-refractivity contribution in [2.45, 2.75) is 55.9 Å².